The van der Waals surface area contributed by atoms with Gasteiger partial charge in [-0.1, -0.05) is 31.5 Å². The van der Waals surface area contributed by atoms with E-state index in [0.29, 0.717) is 29.0 Å². The topological polar surface area (TPSA) is 21.1 Å². The van der Waals surface area contributed by atoms with Crippen LogP contribution < -0.4 is 0 Å². The first-order valence-corrected chi connectivity index (χ1v) is 9.08. The molecule has 1 fully saturated rings. The molecule has 1 saturated heterocycles. The molecule has 1 aliphatic heterocycles. The Balaban J connectivity index is 1.55. The standard InChI is InChI=1S/C19H25ClFN3/c1-14(2)19-22-8-11-24(19)12-15-6-9-23(10-7-15)13-16-17(20)4-3-5-18(16)21/h3-5,8,11,14-15H,6-7,9-10,12-13H2,1-2H3. The number of imidazole rings is 1. The van der Waals surface area contributed by atoms with Crippen molar-refractivity contribution >= 4 is 11.6 Å². The van der Waals surface area contributed by atoms with Crippen LogP contribution in [0.2, 0.25) is 5.02 Å². The van der Waals surface area contributed by atoms with Gasteiger partial charge in [0.25, 0.3) is 0 Å². The smallest absolute Gasteiger partial charge is 0.129 e. The van der Waals surface area contributed by atoms with E-state index in [1.165, 1.54) is 6.07 Å². The summed E-state index contributed by atoms with van der Waals surface area (Å²) < 4.78 is 16.2. The van der Waals surface area contributed by atoms with Crippen molar-refractivity contribution in [3.05, 3.63) is 52.8 Å². The third-order valence-corrected chi connectivity index (χ3v) is 5.22. The zero-order chi connectivity index (χ0) is 17.1. The Bertz CT molecular complexity index is 655. The molecule has 0 radical (unpaired) electrons. The van der Waals surface area contributed by atoms with Gasteiger partial charge in [-0.2, -0.15) is 0 Å². The molecule has 3 nitrogen and oxygen atoms in total. The molecule has 1 aromatic carbocycles. The molecule has 0 amide bonds. The molecular weight excluding hydrogens is 325 g/mol. The van der Waals surface area contributed by atoms with Gasteiger partial charge >= 0.3 is 0 Å². The fourth-order valence-electron chi connectivity index (χ4n) is 3.49. The van der Waals surface area contributed by atoms with Crippen LogP contribution in [0.1, 0.15) is 44.0 Å². The highest BCUT2D eigenvalue weighted by Crippen LogP contribution is 2.25. The van der Waals surface area contributed by atoms with Gasteiger partial charge in [-0.05, 0) is 44.0 Å². The van der Waals surface area contributed by atoms with Gasteiger partial charge < -0.3 is 4.57 Å². The average Bonchev–Trinajstić information content (AvgIpc) is 3.01. The lowest BCUT2D eigenvalue weighted by molar-refractivity contribution is 0.165. The fraction of sp³-hybridized carbons (Fsp3) is 0.526. The normalized spacial score (nSPS) is 16.9. The van der Waals surface area contributed by atoms with Gasteiger partial charge in [0.2, 0.25) is 0 Å². The zero-order valence-corrected chi connectivity index (χ0v) is 15.1. The van der Waals surface area contributed by atoms with Gasteiger partial charge in [0, 0.05) is 42.0 Å². The van der Waals surface area contributed by atoms with Gasteiger partial charge in [0.1, 0.15) is 11.6 Å². The molecule has 2 heterocycles. The first kappa shape index (κ1) is 17.4. The molecule has 5 heteroatoms. The van der Waals surface area contributed by atoms with E-state index in [2.05, 4.69) is 34.5 Å². The maximum atomic E-state index is 13.9. The van der Waals surface area contributed by atoms with Gasteiger partial charge in [-0.3, -0.25) is 4.90 Å². The van der Waals surface area contributed by atoms with Gasteiger partial charge in [0.05, 0.1) is 0 Å². The minimum atomic E-state index is -0.204. The van der Waals surface area contributed by atoms with Crippen molar-refractivity contribution in [2.45, 2.75) is 45.7 Å². The number of likely N-dealkylation sites (tertiary alicyclic amines) is 1. The van der Waals surface area contributed by atoms with Crippen molar-refractivity contribution in [3.63, 3.8) is 0 Å². The van der Waals surface area contributed by atoms with Crippen LogP contribution in [0.25, 0.3) is 0 Å². The maximum absolute atomic E-state index is 13.9. The Morgan fingerprint density at radius 2 is 2.04 bits per heavy atom. The maximum Gasteiger partial charge on any atom is 0.129 e. The highest BCUT2D eigenvalue weighted by Gasteiger charge is 2.22. The Morgan fingerprint density at radius 1 is 1.29 bits per heavy atom. The van der Waals surface area contributed by atoms with Crippen LogP contribution >= 0.6 is 11.6 Å². The van der Waals surface area contributed by atoms with E-state index in [0.717, 1.165) is 38.3 Å². The molecule has 0 saturated carbocycles. The second-order valence-electron chi connectivity index (χ2n) is 7.01. The molecule has 0 bridgehead atoms. The molecule has 3 rings (SSSR count). The second-order valence-corrected chi connectivity index (χ2v) is 7.42. The number of halogens is 2. The Labute approximate surface area is 148 Å². The summed E-state index contributed by atoms with van der Waals surface area (Å²) in [6, 6.07) is 4.91. The summed E-state index contributed by atoms with van der Waals surface area (Å²) in [5, 5.41) is 0.525. The number of rotatable bonds is 5. The fourth-order valence-corrected chi connectivity index (χ4v) is 3.71. The summed E-state index contributed by atoms with van der Waals surface area (Å²) in [4.78, 5) is 6.77. The Kier molecular flexibility index (Phi) is 5.57. The molecule has 0 spiro atoms. The molecule has 1 aromatic heterocycles. The number of hydrogen-bond donors (Lipinski definition) is 0. The third-order valence-electron chi connectivity index (χ3n) is 4.87. The lowest BCUT2D eigenvalue weighted by Gasteiger charge is -2.32. The van der Waals surface area contributed by atoms with Crippen LogP contribution in [0.3, 0.4) is 0 Å². The molecule has 24 heavy (non-hydrogen) atoms. The monoisotopic (exact) mass is 349 g/mol. The van der Waals surface area contributed by atoms with E-state index < -0.39 is 0 Å². The van der Waals surface area contributed by atoms with Crippen molar-refractivity contribution in [3.8, 4) is 0 Å². The zero-order valence-electron chi connectivity index (χ0n) is 14.4. The number of benzene rings is 1. The summed E-state index contributed by atoms with van der Waals surface area (Å²) in [5.74, 6) is 2.06. The minimum Gasteiger partial charge on any atom is -0.334 e. The SMILES string of the molecule is CC(C)c1nccn1CC1CCN(Cc2c(F)cccc2Cl)CC1. The Morgan fingerprint density at radius 3 is 2.71 bits per heavy atom. The largest absolute Gasteiger partial charge is 0.334 e. The van der Waals surface area contributed by atoms with Crippen molar-refractivity contribution in [1.82, 2.24) is 14.5 Å². The first-order valence-electron chi connectivity index (χ1n) is 8.71. The van der Waals surface area contributed by atoms with Crippen LogP contribution in [0.4, 0.5) is 4.39 Å². The molecule has 1 aliphatic rings. The molecule has 130 valence electrons. The van der Waals surface area contributed by atoms with E-state index in [4.69, 9.17) is 11.6 Å². The van der Waals surface area contributed by atoms with E-state index in [9.17, 15) is 4.39 Å². The predicted molar refractivity (Wildman–Crippen MR) is 95.7 cm³/mol. The van der Waals surface area contributed by atoms with Gasteiger partial charge in [-0.15, -0.1) is 0 Å². The number of piperidine rings is 1. The summed E-state index contributed by atoms with van der Waals surface area (Å²) in [6.07, 6.45) is 6.23. The number of nitrogens with zero attached hydrogens (tertiary/aromatic N) is 3. The molecular formula is C19H25ClFN3. The summed E-state index contributed by atoms with van der Waals surface area (Å²) in [5.41, 5.74) is 0.620. The third kappa shape index (κ3) is 3.98. The van der Waals surface area contributed by atoms with Gasteiger partial charge in [-0.25, -0.2) is 9.37 Å². The van der Waals surface area contributed by atoms with E-state index in [1.54, 1.807) is 12.1 Å². The lowest BCUT2D eigenvalue weighted by atomic mass is 9.96. The van der Waals surface area contributed by atoms with Crippen molar-refractivity contribution in [1.29, 1.82) is 0 Å². The molecule has 0 aliphatic carbocycles. The highest BCUT2D eigenvalue weighted by molar-refractivity contribution is 6.31. The van der Waals surface area contributed by atoms with Crippen LogP contribution in [0.5, 0.6) is 0 Å². The quantitative estimate of drug-likeness (QED) is 0.779. The lowest BCUT2D eigenvalue weighted by Crippen LogP contribution is -2.35. The summed E-state index contributed by atoms with van der Waals surface area (Å²) >= 11 is 6.14. The van der Waals surface area contributed by atoms with Gasteiger partial charge in [0.15, 0.2) is 0 Å². The van der Waals surface area contributed by atoms with Crippen molar-refractivity contribution < 1.29 is 4.39 Å². The molecule has 2 aromatic rings. The second kappa shape index (κ2) is 7.66. The number of hydrogen-bond acceptors (Lipinski definition) is 2. The Hall–Kier alpha value is -1.39. The first-order chi connectivity index (χ1) is 11.5. The molecule has 0 N–H and O–H groups in total. The summed E-state index contributed by atoms with van der Waals surface area (Å²) in [7, 11) is 0. The van der Waals surface area contributed by atoms with Crippen LogP contribution in [-0.2, 0) is 13.1 Å². The average molecular weight is 350 g/mol. The van der Waals surface area contributed by atoms with Crippen molar-refractivity contribution in [2.24, 2.45) is 5.92 Å². The van der Waals surface area contributed by atoms with Crippen molar-refractivity contribution in [2.75, 3.05) is 13.1 Å². The molecule has 0 atom stereocenters. The van der Waals surface area contributed by atoms with E-state index >= 15 is 0 Å². The van der Waals surface area contributed by atoms with E-state index in [1.807, 2.05) is 6.20 Å². The number of aromatic nitrogens is 2. The molecule has 0 unspecified atom stereocenters. The summed E-state index contributed by atoms with van der Waals surface area (Å²) in [6.45, 7) is 7.96. The minimum absolute atomic E-state index is 0.204. The van der Waals surface area contributed by atoms with Crippen LogP contribution in [0.15, 0.2) is 30.6 Å². The van der Waals surface area contributed by atoms with E-state index in [-0.39, 0.29) is 5.82 Å². The highest BCUT2D eigenvalue weighted by atomic mass is 35.5. The van der Waals surface area contributed by atoms with Crippen LogP contribution in [0, 0.1) is 11.7 Å². The predicted octanol–water partition coefficient (Wildman–Crippen LogP) is 4.71. The van der Waals surface area contributed by atoms with Crippen LogP contribution in [-0.4, -0.2) is 27.5 Å².